The molecule has 3 aliphatic heterocycles. The molecule has 3 aliphatic rings. The highest BCUT2D eigenvalue weighted by Crippen LogP contribution is 2.32. The van der Waals surface area contributed by atoms with Crippen molar-refractivity contribution in [2.45, 2.75) is 12.6 Å². The van der Waals surface area contributed by atoms with Crippen molar-refractivity contribution in [3.05, 3.63) is 65.2 Å². The minimum atomic E-state index is -0.249. The zero-order valence-electron chi connectivity index (χ0n) is 18.9. The maximum absolute atomic E-state index is 13.6. The smallest absolute Gasteiger partial charge is 0.247 e. The van der Waals surface area contributed by atoms with Gasteiger partial charge in [0, 0.05) is 50.8 Å². The van der Waals surface area contributed by atoms with Crippen LogP contribution >= 0.6 is 11.6 Å². The highest BCUT2D eigenvalue weighted by Gasteiger charge is 2.51. The molecule has 3 saturated heterocycles. The third-order valence-corrected chi connectivity index (χ3v) is 7.44. The van der Waals surface area contributed by atoms with Crippen LogP contribution in [0.4, 0.5) is 5.69 Å². The second-order valence-corrected chi connectivity index (χ2v) is 9.70. The van der Waals surface area contributed by atoms with Crippen LogP contribution in [-0.2, 0) is 16.1 Å². The molecule has 7 nitrogen and oxygen atoms in total. The van der Waals surface area contributed by atoms with Crippen molar-refractivity contribution >= 4 is 29.1 Å². The first-order chi connectivity index (χ1) is 16.0. The van der Waals surface area contributed by atoms with E-state index in [0.29, 0.717) is 26.2 Å². The number of para-hydroxylation sites is 1. The second kappa shape index (κ2) is 9.43. The molecule has 3 unspecified atom stereocenters. The molecule has 3 atom stereocenters. The van der Waals surface area contributed by atoms with E-state index in [4.69, 9.17) is 11.6 Å². The summed E-state index contributed by atoms with van der Waals surface area (Å²) in [4.78, 5) is 33.2. The molecule has 33 heavy (non-hydrogen) atoms. The van der Waals surface area contributed by atoms with E-state index in [9.17, 15) is 9.59 Å². The minimum Gasteiger partial charge on any atom is -0.340 e. The molecule has 2 amide bonds. The van der Waals surface area contributed by atoms with Crippen LogP contribution in [0.15, 0.2) is 54.6 Å². The summed E-state index contributed by atoms with van der Waals surface area (Å²) in [6.45, 7) is 5.12. The molecule has 0 bridgehead atoms. The summed E-state index contributed by atoms with van der Waals surface area (Å²) in [5.74, 6) is -0.287. The Hall–Kier alpha value is -2.45. The molecule has 3 heterocycles. The number of carbonyl (C=O) groups excluding carboxylic acids is 2. The molecule has 8 heteroatoms. The van der Waals surface area contributed by atoms with Crippen molar-refractivity contribution in [3.63, 3.8) is 0 Å². The Balaban J connectivity index is 1.25. The van der Waals surface area contributed by atoms with Gasteiger partial charge in [-0.15, -0.1) is 0 Å². The van der Waals surface area contributed by atoms with Crippen molar-refractivity contribution in [1.82, 2.24) is 20.1 Å². The van der Waals surface area contributed by atoms with Crippen LogP contribution < -0.4 is 10.4 Å². The Kier molecular flexibility index (Phi) is 6.38. The van der Waals surface area contributed by atoms with Crippen molar-refractivity contribution in [2.24, 2.45) is 11.8 Å². The molecule has 2 aromatic carbocycles. The second-order valence-electron chi connectivity index (χ2n) is 9.29. The molecular formula is C25H30ClN5O2. The first-order valence-electron chi connectivity index (χ1n) is 11.6. The molecule has 2 aromatic rings. The van der Waals surface area contributed by atoms with E-state index in [1.165, 1.54) is 0 Å². The van der Waals surface area contributed by atoms with Crippen molar-refractivity contribution in [3.8, 4) is 0 Å². The number of carbonyl (C=O) groups is 2. The van der Waals surface area contributed by atoms with Gasteiger partial charge in [0.2, 0.25) is 11.8 Å². The molecule has 3 fully saturated rings. The first kappa shape index (κ1) is 22.3. The fraction of sp³-hybridized carbons (Fsp3) is 0.440. The van der Waals surface area contributed by atoms with Crippen molar-refractivity contribution in [2.75, 3.05) is 51.3 Å². The monoisotopic (exact) mass is 467 g/mol. The lowest BCUT2D eigenvalue weighted by Crippen LogP contribution is -2.59. The SMILES string of the molecule is CN1CC(C(=O)N2CCN(Cc3ccccc3Cl)CC2)C2NN(c3ccccc3)C(=O)C2C1. The van der Waals surface area contributed by atoms with Gasteiger partial charge in [-0.1, -0.05) is 48.0 Å². The summed E-state index contributed by atoms with van der Waals surface area (Å²) in [6.07, 6.45) is 0. The number of anilines is 1. The lowest BCUT2D eigenvalue weighted by molar-refractivity contribution is -0.141. The van der Waals surface area contributed by atoms with Crippen LogP contribution in [0.3, 0.4) is 0 Å². The highest BCUT2D eigenvalue weighted by atomic mass is 35.5. The van der Waals surface area contributed by atoms with Gasteiger partial charge in [-0.3, -0.25) is 14.5 Å². The van der Waals surface area contributed by atoms with E-state index in [1.54, 1.807) is 5.01 Å². The number of likely N-dealkylation sites (tertiary alicyclic amines) is 1. The summed E-state index contributed by atoms with van der Waals surface area (Å²) < 4.78 is 0. The number of nitrogens with zero attached hydrogens (tertiary/aromatic N) is 4. The van der Waals surface area contributed by atoms with Crippen molar-refractivity contribution < 1.29 is 9.59 Å². The van der Waals surface area contributed by atoms with Crippen LogP contribution in [0.1, 0.15) is 5.56 Å². The maximum atomic E-state index is 13.6. The van der Waals surface area contributed by atoms with E-state index in [-0.39, 0.29) is 29.7 Å². The Morgan fingerprint density at radius 1 is 1.00 bits per heavy atom. The lowest BCUT2D eigenvalue weighted by Gasteiger charge is -2.41. The Morgan fingerprint density at radius 3 is 2.42 bits per heavy atom. The molecule has 5 rings (SSSR count). The number of hydrogen-bond acceptors (Lipinski definition) is 5. The third kappa shape index (κ3) is 4.51. The maximum Gasteiger partial charge on any atom is 0.247 e. The van der Waals surface area contributed by atoms with Crippen LogP contribution in [0, 0.1) is 11.8 Å². The van der Waals surface area contributed by atoms with Gasteiger partial charge in [-0.25, -0.2) is 10.4 Å². The van der Waals surface area contributed by atoms with E-state index in [2.05, 4.69) is 21.3 Å². The van der Waals surface area contributed by atoms with Gasteiger partial charge in [0.25, 0.3) is 0 Å². The largest absolute Gasteiger partial charge is 0.340 e. The highest BCUT2D eigenvalue weighted by molar-refractivity contribution is 6.31. The summed E-state index contributed by atoms with van der Waals surface area (Å²) in [6, 6.07) is 17.4. The molecule has 0 spiro atoms. The molecule has 0 aliphatic carbocycles. The number of piperazine rings is 1. The normalized spacial score (nSPS) is 26.5. The molecule has 0 aromatic heterocycles. The number of amides is 2. The van der Waals surface area contributed by atoms with Crippen LogP contribution in [0.5, 0.6) is 0 Å². The number of hydrazine groups is 1. The van der Waals surface area contributed by atoms with Gasteiger partial charge in [-0.05, 0) is 30.8 Å². The van der Waals surface area contributed by atoms with Crippen LogP contribution in [-0.4, -0.2) is 78.9 Å². The van der Waals surface area contributed by atoms with Crippen molar-refractivity contribution in [1.29, 1.82) is 0 Å². The Labute approximate surface area is 199 Å². The summed E-state index contributed by atoms with van der Waals surface area (Å²) in [5, 5.41) is 2.42. The minimum absolute atomic E-state index is 0.0418. The topological polar surface area (TPSA) is 59.1 Å². The number of fused-ring (bicyclic) bond motifs is 1. The zero-order valence-corrected chi connectivity index (χ0v) is 19.6. The fourth-order valence-corrected chi connectivity index (χ4v) is 5.48. The molecule has 0 radical (unpaired) electrons. The first-order valence-corrected chi connectivity index (χ1v) is 12.0. The number of nitrogens with one attached hydrogen (secondary N) is 1. The number of benzene rings is 2. The summed E-state index contributed by atoms with van der Waals surface area (Å²) in [5.41, 5.74) is 5.32. The van der Waals surface area contributed by atoms with Gasteiger partial charge in [0.05, 0.1) is 23.6 Å². The van der Waals surface area contributed by atoms with Gasteiger partial charge >= 0.3 is 0 Å². The van der Waals surface area contributed by atoms with E-state index in [1.807, 2.05) is 60.5 Å². The van der Waals surface area contributed by atoms with E-state index in [0.717, 1.165) is 35.9 Å². The van der Waals surface area contributed by atoms with Gasteiger partial charge in [0.15, 0.2) is 0 Å². The molecule has 0 saturated carbocycles. The van der Waals surface area contributed by atoms with E-state index < -0.39 is 0 Å². The number of hydrogen-bond donors (Lipinski definition) is 1. The van der Waals surface area contributed by atoms with Gasteiger partial charge < -0.3 is 9.80 Å². The standard InChI is InChI=1S/C25H30ClN5O2/c1-28-16-20(23-21(17-28)25(33)31(27-23)19-8-3-2-4-9-19)24(32)30-13-11-29(12-14-30)15-18-7-5-6-10-22(18)26/h2-10,20-21,23,27H,11-17H2,1H3. The Bertz CT molecular complexity index is 1010. The quantitative estimate of drug-likeness (QED) is 0.746. The predicted octanol–water partition coefficient (Wildman–Crippen LogP) is 2.08. The molecule has 1 N–H and O–H groups in total. The number of piperidine rings is 1. The van der Waals surface area contributed by atoms with Gasteiger partial charge in [-0.2, -0.15) is 0 Å². The summed E-state index contributed by atoms with van der Waals surface area (Å²) >= 11 is 6.32. The summed E-state index contributed by atoms with van der Waals surface area (Å²) in [7, 11) is 2.00. The number of rotatable bonds is 4. The molecular weight excluding hydrogens is 438 g/mol. The van der Waals surface area contributed by atoms with Crippen LogP contribution in [0.2, 0.25) is 5.02 Å². The third-order valence-electron chi connectivity index (χ3n) is 7.07. The van der Waals surface area contributed by atoms with Gasteiger partial charge in [0.1, 0.15) is 0 Å². The average molecular weight is 468 g/mol. The van der Waals surface area contributed by atoms with Crippen LogP contribution in [0.25, 0.3) is 0 Å². The Morgan fingerprint density at radius 2 is 1.70 bits per heavy atom. The average Bonchev–Trinajstić information content (AvgIpc) is 3.17. The number of halogens is 1. The molecule has 174 valence electrons. The fourth-order valence-electron chi connectivity index (χ4n) is 5.28. The lowest BCUT2D eigenvalue weighted by atomic mass is 9.84. The zero-order chi connectivity index (χ0) is 22.9. The predicted molar refractivity (Wildman–Crippen MR) is 129 cm³/mol. The van der Waals surface area contributed by atoms with E-state index >= 15 is 0 Å².